The first kappa shape index (κ1) is 15.5. The van der Waals surface area contributed by atoms with E-state index in [-0.39, 0.29) is 22.4 Å². The van der Waals surface area contributed by atoms with Crippen LogP contribution in [0.1, 0.15) is 49.4 Å². The molecular weight excluding hydrogens is 297 g/mol. The first-order valence-corrected chi connectivity index (χ1v) is 7.73. The lowest BCUT2D eigenvalue weighted by Crippen LogP contribution is -2.26. The minimum absolute atomic E-state index is 0.0457. The van der Waals surface area contributed by atoms with Gasteiger partial charge in [-0.15, -0.1) is 0 Å². The quantitative estimate of drug-likeness (QED) is 0.649. The van der Waals surface area contributed by atoms with E-state index >= 15 is 0 Å². The summed E-state index contributed by atoms with van der Waals surface area (Å²) in [7, 11) is 0. The monoisotopic (exact) mass is 315 g/mol. The van der Waals surface area contributed by atoms with Crippen LogP contribution in [0.25, 0.3) is 0 Å². The van der Waals surface area contributed by atoms with Gasteiger partial charge in [-0.05, 0) is 37.3 Å². The molecular formula is C15H19Cl2NO2. The fraction of sp³-hybridized carbons (Fsp3) is 0.533. The molecule has 1 saturated carbocycles. The number of nitrogen functional groups attached to an aromatic ring is 1. The Balaban J connectivity index is 2.11. The van der Waals surface area contributed by atoms with Crippen LogP contribution >= 0.6 is 23.2 Å². The molecule has 0 aliphatic heterocycles. The lowest BCUT2D eigenvalue weighted by atomic mass is 9.85. The molecule has 2 rings (SSSR count). The molecule has 2 unspecified atom stereocenters. The second-order valence-corrected chi connectivity index (χ2v) is 6.10. The molecule has 1 aromatic carbocycles. The van der Waals surface area contributed by atoms with Gasteiger partial charge in [0.15, 0.2) is 0 Å². The zero-order valence-electron chi connectivity index (χ0n) is 11.5. The van der Waals surface area contributed by atoms with E-state index in [0.717, 1.165) is 25.7 Å². The Morgan fingerprint density at radius 3 is 2.75 bits per heavy atom. The van der Waals surface area contributed by atoms with Crippen molar-refractivity contribution in [2.45, 2.75) is 45.1 Å². The van der Waals surface area contributed by atoms with Crippen molar-refractivity contribution in [1.82, 2.24) is 0 Å². The van der Waals surface area contributed by atoms with E-state index in [4.69, 9.17) is 33.7 Å². The van der Waals surface area contributed by atoms with Crippen LogP contribution in [0.4, 0.5) is 5.69 Å². The summed E-state index contributed by atoms with van der Waals surface area (Å²) in [4.78, 5) is 12.3. The molecule has 2 N–H and O–H groups in total. The summed E-state index contributed by atoms with van der Waals surface area (Å²) in [6.45, 7) is 2.17. The number of benzene rings is 1. The number of carbonyl (C=O) groups is 1. The van der Waals surface area contributed by atoms with Gasteiger partial charge in [-0.1, -0.05) is 43.0 Å². The van der Waals surface area contributed by atoms with Gasteiger partial charge in [0.05, 0.1) is 15.7 Å². The summed E-state index contributed by atoms with van der Waals surface area (Å²) < 4.78 is 5.56. The molecule has 0 bridgehead atoms. The summed E-state index contributed by atoms with van der Waals surface area (Å²) in [5.74, 6) is 0.158. The van der Waals surface area contributed by atoms with Gasteiger partial charge in [0.1, 0.15) is 11.7 Å². The van der Waals surface area contributed by atoms with Crippen LogP contribution in [0, 0.1) is 5.92 Å². The zero-order chi connectivity index (χ0) is 14.7. The molecule has 0 aromatic heterocycles. The zero-order valence-corrected chi connectivity index (χ0v) is 13.0. The van der Waals surface area contributed by atoms with Gasteiger partial charge >= 0.3 is 5.97 Å². The summed E-state index contributed by atoms with van der Waals surface area (Å²) in [6.07, 6.45) is 5.20. The van der Waals surface area contributed by atoms with Gasteiger partial charge in [-0.25, -0.2) is 4.79 Å². The molecule has 1 aliphatic rings. The van der Waals surface area contributed by atoms with Crippen molar-refractivity contribution >= 4 is 34.9 Å². The Hall–Kier alpha value is -0.930. The van der Waals surface area contributed by atoms with E-state index in [1.54, 1.807) is 12.1 Å². The van der Waals surface area contributed by atoms with Crippen LogP contribution in [0.15, 0.2) is 12.1 Å². The Kier molecular flexibility index (Phi) is 5.17. The SMILES string of the molecule is CCC1CCCC(OC(=O)c2c(Cl)ccc(Cl)c2N)C1. The number of halogens is 2. The van der Waals surface area contributed by atoms with Crippen LogP contribution in [-0.4, -0.2) is 12.1 Å². The number of rotatable bonds is 3. The van der Waals surface area contributed by atoms with Gasteiger partial charge in [0.2, 0.25) is 0 Å². The second kappa shape index (κ2) is 6.68. The third-order valence-corrected chi connectivity index (χ3v) is 4.58. The molecule has 1 aliphatic carbocycles. The highest BCUT2D eigenvalue weighted by Crippen LogP contribution is 2.33. The molecule has 20 heavy (non-hydrogen) atoms. The third-order valence-electron chi connectivity index (χ3n) is 3.93. The maximum absolute atomic E-state index is 12.3. The van der Waals surface area contributed by atoms with Gasteiger partial charge < -0.3 is 10.5 Å². The van der Waals surface area contributed by atoms with Crippen molar-refractivity contribution in [3.63, 3.8) is 0 Å². The summed E-state index contributed by atoms with van der Waals surface area (Å²) >= 11 is 12.0. The van der Waals surface area contributed by atoms with E-state index in [1.807, 2.05) is 0 Å². The van der Waals surface area contributed by atoms with Crippen molar-refractivity contribution in [3.05, 3.63) is 27.7 Å². The fourth-order valence-corrected chi connectivity index (χ4v) is 3.10. The van der Waals surface area contributed by atoms with E-state index in [1.165, 1.54) is 6.42 Å². The van der Waals surface area contributed by atoms with Gasteiger partial charge in [-0.2, -0.15) is 0 Å². The summed E-state index contributed by atoms with van der Waals surface area (Å²) in [5.41, 5.74) is 6.19. The van der Waals surface area contributed by atoms with Crippen LogP contribution in [0.5, 0.6) is 0 Å². The van der Waals surface area contributed by atoms with Crippen molar-refractivity contribution < 1.29 is 9.53 Å². The van der Waals surface area contributed by atoms with Crippen LogP contribution in [0.3, 0.4) is 0 Å². The molecule has 0 saturated heterocycles. The lowest BCUT2D eigenvalue weighted by Gasteiger charge is -2.28. The Bertz CT molecular complexity index is 505. The van der Waals surface area contributed by atoms with Crippen LogP contribution in [0.2, 0.25) is 10.0 Å². The maximum Gasteiger partial charge on any atom is 0.342 e. The first-order valence-electron chi connectivity index (χ1n) is 6.97. The smallest absolute Gasteiger partial charge is 0.342 e. The molecule has 5 heteroatoms. The normalized spacial score (nSPS) is 22.6. The molecule has 1 fully saturated rings. The van der Waals surface area contributed by atoms with Crippen molar-refractivity contribution in [2.75, 3.05) is 5.73 Å². The van der Waals surface area contributed by atoms with Gasteiger partial charge in [0.25, 0.3) is 0 Å². The van der Waals surface area contributed by atoms with Crippen molar-refractivity contribution in [1.29, 1.82) is 0 Å². The largest absolute Gasteiger partial charge is 0.459 e. The molecule has 0 heterocycles. The average Bonchev–Trinajstić information content (AvgIpc) is 2.43. The Morgan fingerprint density at radius 1 is 1.35 bits per heavy atom. The Labute approximate surface area is 129 Å². The van der Waals surface area contributed by atoms with Crippen molar-refractivity contribution in [2.24, 2.45) is 5.92 Å². The number of anilines is 1. The van der Waals surface area contributed by atoms with Crippen LogP contribution < -0.4 is 5.73 Å². The highest BCUT2D eigenvalue weighted by molar-refractivity contribution is 6.38. The van der Waals surface area contributed by atoms with Crippen LogP contribution in [-0.2, 0) is 4.74 Å². The predicted molar refractivity (Wildman–Crippen MR) is 82.3 cm³/mol. The first-order chi connectivity index (χ1) is 9.52. The summed E-state index contributed by atoms with van der Waals surface area (Å²) in [5, 5.41) is 0.594. The third kappa shape index (κ3) is 3.39. The Morgan fingerprint density at radius 2 is 2.05 bits per heavy atom. The number of hydrogen-bond donors (Lipinski definition) is 1. The van der Waals surface area contributed by atoms with E-state index in [0.29, 0.717) is 10.9 Å². The molecule has 0 spiro atoms. The molecule has 1 aromatic rings. The number of ether oxygens (including phenoxy) is 1. The number of hydrogen-bond acceptors (Lipinski definition) is 3. The number of nitrogens with two attached hydrogens (primary N) is 1. The average molecular weight is 316 g/mol. The second-order valence-electron chi connectivity index (χ2n) is 5.29. The lowest BCUT2D eigenvalue weighted by molar-refractivity contribution is 0.0141. The van der Waals surface area contributed by atoms with E-state index in [2.05, 4.69) is 6.92 Å². The van der Waals surface area contributed by atoms with E-state index < -0.39 is 5.97 Å². The highest BCUT2D eigenvalue weighted by Gasteiger charge is 2.26. The number of carbonyl (C=O) groups excluding carboxylic acids is 1. The molecule has 2 atom stereocenters. The molecule has 0 amide bonds. The van der Waals surface area contributed by atoms with E-state index in [9.17, 15) is 4.79 Å². The maximum atomic E-state index is 12.3. The molecule has 3 nitrogen and oxygen atoms in total. The van der Waals surface area contributed by atoms with Gasteiger partial charge in [-0.3, -0.25) is 0 Å². The summed E-state index contributed by atoms with van der Waals surface area (Å²) in [6, 6.07) is 3.14. The van der Waals surface area contributed by atoms with Gasteiger partial charge in [0, 0.05) is 0 Å². The number of esters is 1. The molecule has 0 radical (unpaired) electrons. The topological polar surface area (TPSA) is 52.3 Å². The van der Waals surface area contributed by atoms with Crippen molar-refractivity contribution in [3.8, 4) is 0 Å². The minimum Gasteiger partial charge on any atom is -0.459 e. The predicted octanol–water partition coefficient (Wildman–Crippen LogP) is 4.70. The minimum atomic E-state index is -0.475. The molecule has 110 valence electrons. The standard InChI is InChI=1S/C15H19Cl2NO2/c1-2-9-4-3-5-10(8-9)20-15(19)13-11(16)6-7-12(17)14(13)18/h6-7,9-10H,2-5,8,18H2,1H3. The highest BCUT2D eigenvalue weighted by atomic mass is 35.5. The fourth-order valence-electron chi connectivity index (χ4n) is 2.70.